The second-order valence-corrected chi connectivity index (χ2v) is 6.57. The number of anilines is 1. The summed E-state index contributed by atoms with van der Waals surface area (Å²) < 4.78 is 0. The lowest BCUT2D eigenvalue weighted by Crippen LogP contribution is -2.14. The summed E-state index contributed by atoms with van der Waals surface area (Å²) in [5, 5.41) is 9.92. The number of aromatic amines is 2. The molecule has 26 heavy (non-hydrogen) atoms. The molecule has 132 valence electrons. The van der Waals surface area contributed by atoms with Gasteiger partial charge in [-0.3, -0.25) is 14.7 Å². The molecule has 0 spiro atoms. The van der Waals surface area contributed by atoms with Crippen molar-refractivity contribution < 1.29 is 9.59 Å². The van der Waals surface area contributed by atoms with Gasteiger partial charge in [-0.25, -0.2) is 0 Å². The van der Waals surface area contributed by atoms with Crippen LogP contribution in [-0.2, 0) is 11.2 Å². The van der Waals surface area contributed by atoms with Crippen LogP contribution >= 0.6 is 0 Å². The topological polar surface area (TPSA) is 117 Å². The van der Waals surface area contributed by atoms with Crippen molar-refractivity contribution in [1.29, 1.82) is 0 Å². The van der Waals surface area contributed by atoms with E-state index in [0.29, 0.717) is 17.3 Å². The molecular weight excluding hydrogens is 330 g/mol. The van der Waals surface area contributed by atoms with Gasteiger partial charge in [0, 0.05) is 29.6 Å². The van der Waals surface area contributed by atoms with Gasteiger partial charge in [0.2, 0.25) is 11.8 Å². The van der Waals surface area contributed by atoms with Crippen LogP contribution in [0.5, 0.6) is 0 Å². The maximum Gasteiger partial charge on any atom is 0.250 e. The number of nitrogens with one attached hydrogen (secondary N) is 3. The minimum absolute atomic E-state index is 0.109. The maximum atomic E-state index is 12.2. The molecule has 0 saturated heterocycles. The van der Waals surface area contributed by atoms with E-state index in [-0.39, 0.29) is 12.3 Å². The fourth-order valence-electron chi connectivity index (χ4n) is 2.88. The Bertz CT molecular complexity index is 950. The number of hydrogen-bond donors (Lipinski definition) is 4. The van der Waals surface area contributed by atoms with E-state index in [4.69, 9.17) is 5.73 Å². The number of nitrogens with zero attached hydrogens (tertiary/aromatic N) is 1. The van der Waals surface area contributed by atoms with Crippen LogP contribution in [0.25, 0.3) is 11.3 Å². The molecule has 0 aliphatic heterocycles. The molecule has 4 rings (SSSR count). The van der Waals surface area contributed by atoms with Crippen LogP contribution in [0.4, 0.5) is 5.82 Å². The zero-order valence-electron chi connectivity index (χ0n) is 14.1. The minimum Gasteiger partial charge on any atom is -0.366 e. The van der Waals surface area contributed by atoms with Gasteiger partial charge in [0.25, 0.3) is 0 Å². The van der Waals surface area contributed by atoms with E-state index in [0.717, 1.165) is 22.5 Å². The Balaban J connectivity index is 1.38. The molecule has 2 aromatic heterocycles. The highest BCUT2D eigenvalue weighted by Gasteiger charge is 2.25. The van der Waals surface area contributed by atoms with Gasteiger partial charge >= 0.3 is 0 Å². The first-order valence-electron chi connectivity index (χ1n) is 8.51. The number of aromatic nitrogens is 3. The summed E-state index contributed by atoms with van der Waals surface area (Å²) in [6, 6.07) is 11.2. The molecule has 5 N–H and O–H groups in total. The molecule has 7 nitrogen and oxygen atoms in total. The van der Waals surface area contributed by atoms with Gasteiger partial charge in [0.05, 0.1) is 12.0 Å². The van der Waals surface area contributed by atoms with E-state index >= 15 is 0 Å². The van der Waals surface area contributed by atoms with Gasteiger partial charge in [-0.1, -0.05) is 24.3 Å². The van der Waals surface area contributed by atoms with Crippen molar-refractivity contribution in [2.75, 3.05) is 5.32 Å². The predicted octanol–water partition coefficient (Wildman–Crippen LogP) is 2.56. The third kappa shape index (κ3) is 3.51. The van der Waals surface area contributed by atoms with Crippen molar-refractivity contribution in [3.63, 3.8) is 0 Å². The van der Waals surface area contributed by atoms with Crippen molar-refractivity contribution in [3.8, 4) is 11.3 Å². The molecule has 0 radical (unpaired) electrons. The zero-order chi connectivity index (χ0) is 18.1. The maximum absolute atomic E-state index is 12.2. The molecule has 0 bridgehead atoms. The Labute approximate surface area is 150 Å². The molecule has 1 aliphatic carbocycles. The Morgan fingerprint density at radius 1 is 1.19 bits per heavy atom. The van der Waals surface area contributed by atoms with Crippen molar-refractivity contribution >= 4 is 17.6 Å². The average Bonchev–Trinajstić information content (AvgIpc) is 3.16. The largest absolute Gasteiger partial charge is 0.366 e. The van der Waals surface area contributed by atoms with Crippen LogP contribution < -0.4 is 11.1 Å². The highest BCUT2D eigenvalue weighted by atomic mass is 16.2. The smallest absolute Gasteiger partial charge is 0.250 e. The van der Waals surface area contributed by atoms with Crippen LogP contribution in [0.15, 0.2) is 42.6 Å². The van der Waals surface area contributed by atoms with Gasteiger partial charge in [-0.2, -0.15) is 5.10 Å². The summed E-state index contributed by atoms with van der Waals surface area (Å²) in [5.41, 5.74) is 9.40. The monoisotopic (exact) mass is 349 g/mol. The average molecular weight is 349 g/mol. The van der Waals surface area contributed by atoms with E-state index < -0.39 is 5.91 Å². The van der Waals surface area contributed by atoms with Crippen LogP contribution in [0.2, 0.25) is 0 Å². The minimum atomic E-state index is -0.469. The van der Waals surface area contributed by atoms with E-state index in [1.807, 2.05) is 30.3 Å². The molecule has 1 aromatic carbocycles. The fourth-order valence-corrected chi connectivity index (χ4v) is 2.88. The molecule has 2 heterocycles. The number of H-pyrrole nitrogens is 2. The summed E-state index contributed by atoms with van der Waals surface area (Å²) in [5.74, 6) is 0.564. The number of hydrogen-bond acceptors (Lipinski definition) is 3. The molecule has 0 unspecified atom stereocenters. The summed E-state index contributed by atoms with van der Waals surface area (Å²) in [6.07, 6.45) is 4.22. The number of rotatable bonds is 6. The number of carbonyl (C=O) groups is 2. The number of primary amides is 1. The van der Waals surface area contributed by atoms with Gasteiger partial charge in [-0.15, -0.1) is 0 Å². The van der Waals surface area contributed by atoms with Crippen molar-refractivity contribution in [3.05, 3.63) is 59.4 Å². The highest BCUT2D eigenvalue weighted by molar-refractivity contribution is 5.94. The molecule has 7 heteroatoms. The predicted molar refractivity (Wildman–Crippen MR) is 97.6 cm³/mol. The molecule has 1 fully saturated rings. The quantitative estimate of drug-likeness (QED) is 0.548. The van der Waals surface area contributed by atoms with E-state index in [1.54, 1.807) is 12.3 Å². The lowest BCUT2D eigenvalue weighted by Gasteiger charge is -2.04. The number of benzene rings is 1. The first-order valence-corrected chi connectivity index (χ1v) is 8.51. The third-order valence-electron chi connectivity index (χ3n) is 4.48. The Kier molecular flexibility index (Phi) is 4.04. The highest BCUT2D eigenvalue weighted by Crippen LogP contribution is 2.39. The summed E-state index contributed by atoms with van der Waals surface area (Å²) >= 11 is 0. The third-order valence-corrected chi connectivity index (χ3v) is 4.48. The van der Waals surface area contributed by atoms with Crippen LogP contribution in [0.3, 0.4) is 0 Å². The number of carbonyl (C=O) groups excluding carboxylic acids is 2. The summed E-state index contributed by atoms with van der Waals surface area (Å²) in [4.78, 5) is 26.4. The summed E-state index contributed by atoms with van der Waals surface area (Å²) in [7, 11) is 0. The molecule has 3 aromatic rings. The Morgan fingerprint density at radius 3 is 2.62 bits per heavy atom. The number of amides is 2. The van der Waals surface area contributed by atoms with Crippen LogP contribution in [0, 0.1) is 0 Å². The van der Waals surface area contributed by atoms with Gasteiger partial charge in [0.1, 0.15) is 0 Å². The van der Waals surface area contributed by atoms with Crippen molar-refractivity contribution in [2.45, 2.75) is 25.2 Å². The van der Waals surface area contributed by atoms with Crippen molar-refractivity contribution in [2.24, 2.45) is 5.73 Å². The fraction of sp³-hybridized carbons (Fsp3) is 0.211. The Morgan fingerprint density at radius 2 is 1.96 bits per heavy atom. The van der Waals surface area contributed by atoms with E-state index in [9.17, 15) is 9.59 Å². The molecule has 0 atom stereocenters. The SMILES string of the molecule is NC(=O)c1c[nH]c(-c2ccc(CC(=O)Nc3cc(C4CC4)[nH]n3)cc2)c1. The van der Waals surface area contributed by atoms with E-state index in [1.165, 1.54) is 12.8 Å². The lowest BCUT2D eigenvalue weighted by molar-refractivity contribution is -0.115. The molecule has 2 amide bonds. The molecular formula is C19H19N5O2. The van der Waals surface area contributed by atoms with Gasteiger partial charge in [0.15, 0.2) is 5.82 Å². The first-order chi connectivity index (χ1) is 12.6. The van der Waals surface area contributed by atoms with Crippen LogP contribution in [-0.4, -0.2) is 27.0 Å². The second kappa shape index (κ2) is 6.51. The second-order valence-electron chi connectivity index (χ2n) is 6.57. The normalized spacial score (nSPS) is 13.5. The Hall–Kier alpha value is -3.35. The zero-order valence-corrected chi connectivity index (χ0v) is 14.1. The first kappa shape index (κ1) is 16.1. The molecule has 1 saturated carbocycles. The lowest BCUT2D eigenvalue weighted by atomic mass is 10.1. The standard InChI is InChI=1S/C19H19N5O2/c20-19(26)14-8-15(21-10-14)12-3-1-11(2-4-12)7-18(25)22-17-9-16(23-24-17)13-5-6-13/h1-4,8-10,13,21H,5-7H2,(H2,20,26)(H2,22,23,24,25). The molecule has 1 aliphatic rings. The van der Waals surface area contributed by atoms with Crippen LogP contribution in [0.1, 0.15) is 40.4 Å². The number of nitrogens with two attached hydrogens (primary N) is 1. The van der Waals surface area contributed by atoms with Gasteiger partial charge in [-0.05, 0) is 30.0 Å². The van der Waals surface area contributed by atoms with Crippen molar-refractivity contribution in [1.82, 2.24) is 15.2 Å². The summed E-state index contributed by atoms with van der Waals surface area (Å²) in [6.45, 7) is 0. The van der Waals surface area contributed by atoms with Gasteiger partial charge < -0.3 is 16.0 Å². The van der Waals surface area contributed by atoms with E-state index in [2.05, 4.69) is 20.5 Å².